The number of rotatable bonds is 37. The van der Waals surface area contributed by atoms with E-state index in [1.54, 1.807) is 6.08 Å². The third kappa shape index (κ3) is 21.5. The molecule has 3 aliphatic rings. The molecule has 0 bridgehead atoms. The monoisotopic (exact) mass is 996 g/mol. The van der Waals surface area contributed by atoms with Crippen molar-refractivity contribution in [2.45, 2.75) is 272 Å². The highest BCUT2D eigenvalue weighted by molar-refractivity contribution is 5.76. The topological polar surface area (TPSA) is 307 Å². The maximum atomic E-state index is 13.2. The lowest BCUT2D eigenvalue weighted by molar-refractivity contribution is -0.379. The van der Waals surface area contributed by atoms with E-state index in [2.05, 4.69) is 19.2 Å². The second kappa shape index (κ2) is 35.6. The molecule has 0 aliphatic carbocycles. The van der Waals surface area contributed by atoms with Crippen LogP contribution < -0.4 is 5.32 Å². The Balaban J connectivity index is 1.56. The summed E-state index contributed by atoms with van der Waals surface area (Å²) in [7, 11) is 0. The smallest absolute Gasteiger partial charge is 0.220 e. The van der Waals surface area contributed by atoms with Gasteiger partial charge in [0.15, 0.2) is 18.9 Å². The maximum Gasteiger partial charge on any atom is 0.220 e. The molecule has 1 amide bonds. The van der Waals surface area contributed by atoms with Gasteiger partial charge in [-0.05, 0) is 19.3 Å². The van der Waals surface area contributed by atoms with E-state index in [9.17, 15) is 61.0 Å². The number of carbonyl (C=O) groups excluding carboxylic acids is 1. The molecule has 0 aromatic carbocycles. The molecule has 3 rings (SSSR count). The SMILES string of the molecule is CCCCCCCCCCCC/C=C/C(O)C(COC1OC(CO)C(OC2OC(CO)C(OC3OC(CO)C(O)C(O)C3O)C(O)C2O)C(O)C1O)NC(=O)CCCCCCCCCCCCCC. The van der Waals surface area contributed by atoms with Gasteiger partial charge in [-0.25, -0.2) is 0 Å². The van der Waals surface area contributed by atoms with Crippen molar-refractivity contribution < 1.29 is 89.4 Å². The van der Waals surface area contributed by atoms with Gasteiger partial charge in [0.25, 0.3) is 0 Å². The van der Waals surface area contributed by atoms with Gasteiger partial charge in [0.05, 0.1) is 38.6 Å². The van der Waals surface area contributed by atoms with Gasteiger partial charge in [-0.15, -0.1) is 0 Å². The molecule has 19 nitrogen and oxygen atoms in total. The van der Waals surface area contributed by atoms with Crippen LogP contribution in [0.2, 0.25) is 0 Å². The second-order valence-electron chi connectivity index (χ2n) is 19.3. The average Bonchev–Trinajstić information content (AvgIpc) is 3.34. The number of unbranched alkanes of at least 4 members (excludes halogenated alkanes) is 21. The van der Waals surface area contributed by atoms with Gasteiger partial charge in [0, 0.05) is 6.42 Å². The summed E-state index contributed by atoms with van der Waals surface area (Å²) in [6.07, 6.45) is 3.57. The minimum absolute atomic E-state index is 0.247. The predicted octanol–water partition coefficient (Wildman–Crippen LogP) is 2.26. The number of hydrogen-bond donors (Lipinski definition) is 12. The van der Waals surface area contributed by atoms with Gasteiger partial charge in [-0.3, -0.25) is 4.79 Å². The number of carbonyl (C=O) groups is 1. The number of aliphatic hydroxyl groups excluding tert-OH is 11. The van der Waals surface area contributed by atoms with Gasteiger partial charge in [0.1, 0.15) is 73.2 Å². The number of aliphatic hydroxyl groups is 11. The van der Waals surface area contributed by atoms with Crippen LogP contribution in [0.1, 0.15) is 168 Å². The summed E-state index contributed by atoms with van der Waals surface area (Å²) >= 11 is 0. The summed E-state index contributed by atoms with van der Waals surface area (Å²) in [5, 5.41) is 120. The first kappa shape index (κ1) is 61.8. The molecule has 3 aliphatic heterocycles. The molecule has 17 atom stereocenters. The van der Waals surface area contributed by atoms with Crippen LogP contribution in [-0.2, 0) is 33.2 Å². The lowest BCUT2D eigenvalue weighted by Gasteiger charge is -2.48. The third-order valence-corrected chi connectivity index (χ3v) is 13.6. The van der Waals surface area contributed by atoms with E-state index in [-0.39, 0.29) is 18.9 Å². The number of nitrogens with one attached hydrogen (secondary N) is 1. The number of ether oxygens (including phenoxy) is 6. The Morgan fingerprint density at radius 2 is 0.899 bits per heavy atom. The lowest BCUT2D eigenvalue weighted by atomic mass is 9.96. The van der Waals surface area contributed by atoms with E-state index in [0.717, 1.165) is 44.9 Å². The lowest BCUT2D eigenvalue weighted by Crippen LogP contribution is -2.66. The minimum atomic E-state index is -1.97. The second-order valence-corrected chi connectivity index (χ2v) is 19.3. The summed E-state index contributed by atoms with van der Waals surface area (Å²) in [6, 6.07) is -0.964. The highest BCUT2D eigenvalue weighted by Crippen LogP contribution is 2.33. The maximum absolute atomic E-state index is 13.2. The van der Waals surface area contributed by atoms with Crippen LogP contribution >= 0.6 is 0 Å². The zero-order chi connectivity index (χ0) is 50.6. The van der Waals surface area contributed by atoms with Crippen molar-refractivity contribution in [3.05, 3.63) is 12.2 Å². The third-order valence-electron chi connectivity index (χ3n) is 13.6. The zero-order valence-electron chi connectivity index (χ0n) is 41.5. The fourth-order valence-electron chi connectivity index (χ4n) is 9.13. The fraction of sp³-hybridized carbons (Fsp3) is 0.940. The van der Waals surface area contributed by atoms with Crippen LogP contribution in [0.15, 0.2) is 12.2 Å². The first-order valence-electron chi connectivity index (χ1n) is 26.4. The molecule has 0 spiro atoms. The molecule has 69 heavy (non-hydrogen) atoms. The summed E-state index contributed by atoms with van der Waals surface area (Å²) in [5.74, 6) is -0.278. The molecule has 0 aromatic heterocycles. The van der Waals surface area contributed by atoms with Crippen molar-refractivity contribution in [3.8, 4) is 0 Å². The van der Waals surface area contributed by atoms with Crippen molar-refractivity contribution in [3.63, 3.8) is 0 Å². The summed E-state index contributed by atoms with van der Waals surface area (Å²) in [5.41, 5.74) is 0. The Labute approximate surface area is 410 Å². The van der Waals surface area contributed by atoms with E-state index >= 15 is 0 Å². The normalized spacial score (nSPS) is 32.9. The molecule has 3 saturated heterocycles. The van der Waals surface area contributed by atoms with Crippen LogP contribution in [-0.4, -0.2) is 193 Å². The van der Waals surface area contributed by atoms with Crippen LogP contribution in [0.3, 0.4) is 0 Å². The molecule has 0 aromatic rings. The molecule has 0 radical (unpaired) electrons. The predicted molar refractivity (Wildman–Crippen MR) is 254 cm³/mol. The van der Waals surface area contributed by atoms with Crippen molar-refractivity contribution in [2.75, 3.05) is 26.4 Å². The quantitative estimate of drug-likeness (QED) is 0.0314. The summed E-state index contributed by atoms with van der Waals surface area (Å²) in [6.45, 7) is 1.67. The number of allylic oxidation sites excluding steroid dienone is 1. The van der Waals surface area contributed by atoms with Gasteiger partial charge in [0.2, 0.25) is 5.91 Å². The molecule has 3 fully saturated rings. The molecule has 17 unspecified atom stereocenters. The first-order chi connectivity index (χ1) is 33.3. The molecular weight excluding hydrogens is 903 g/mol. The van der Waals surface area contributed by atoms with E-state index in [1.807, 2.05) is 6.08 Å². The Kier molecular flexibility index (Phi) is 31.9. The Hall–Kier alpha value is -1.47. The van der Waals surface area contributed by atoms with E-state index in [0.29, 0.717) is 6.42 Å². The van der Waals surface area contributed by atoms with E-state index in [4.69, 9.17) is 28.4 Å². The molecule has 406 valence electrons. The minimum Gasteiger partial charge on any atom is -0.394 e. The molecule has 12 N–H and O–H groups in total. The van der Waals surface area contributed by atoms with Crippen molar-refractivity contribution in [1.29, 1.82) is 0 Å². The van der Waals surface area contributed by atoms with Crippen LogP contribution in [0.25, 0.3) is 0 Å². The Morgan fingerprint density at radius 1 is 0.507 bits per heavy atom. The highest BCUT2D eigenvalue weighted by atomic mass is 16.8. The average molecular weight is 996 g/mol. The van der Waals surface area contributed by atoms with E-state index in [1.165, 1.54) is 96.3 Å². The highest BCUT2D eigenvalue weighted by Gasteiger charge is 2.53. The molecule has 19 heteroatoms. The first-order valence-corrected chi connectivity index (χ1v) is 26.4. The van der Waals surface area contributed by atoms with Gasteiger partial charge < -0.3 is 89.9 Å². The van der Waals surface area contributed by atoms with Crippen molar-refractivity contribution in [1.82, 2.24) is 5.32 Å². The standard InChI is InChI=1S/C50H93NO18/c1-3-5-7-9-11-13-15-17-19-21-23-25-27-34(55)33(51-38(56)28-26-24-22-20-18-16-14-12-10-8-6-4-2)32-64-48-44(62)41(59)46(36(30-53)66-48)69-50-45(63)42(60)47(37(31-54)67-50)68-49-43(61)40(58)39(57)35(29-52)65-49/h25,27,33-37,39-50,52-55,57-63H,3-24,26,28-32H2,1-2H3,(H,51,56)/b27-25+. The van der Waals surface area contributed by atoms with E-state index < -0.39 is 124 Å². The largest absolute Gasteiger partial charge is 0.394 e. The Morgan fingerprint density at radius 3 is 1.36 bits per heavy atom. The van der Waals surface area contributed by atoms with Crippen LogP contribution in [0.4, 0.5) is 0 Å². The van der Waals surface area contributed by atoms with Crippen molar-refractivity contribution >= 4 is 5.91 Å². The number of hydrogen-bond acceptors (Lipinski definition) is 18. The zero-order valence-corrected chi connectivity index (χ0v) is 41.5. The van der Waals surface area contributed by atoms with Crippen LogP contribution in [0.5, 0.6) is 0 Å². The molecular formula is C50H93NO18. The molecule has 0 saturated carbocycles. The summed E-state index contributed by atoms with van der Waals surface area (Å²) < 4.78 is 34.1. The number of amides is 1. The van der Waals surface area contributed by atoms with Crippen LogP contribution in [0, 0.1) is 0 Å². The Bertz CT molecular complexity index is 1330. The van der Waals surface area contributed by atoms with Crippen molar-refractivity contribution in [2.24, 2.45) is 0 Å². The van der Waals surface area contributed by atoms with Gasteiger partial charge in [-0.1, -0.05) is 154 Å². The van der Waals surface area contributed by atoms with Gasteiger partial charge >= 0.3 is 0 Å². The fourth-order valence-corrected chi connectivity index (χ4v) is 9.13. The summed E-state index contributed by atoms with van der Waals surface area (Å²) in [4.78, 5) is 13.2. The van der Waals surface area contributed by atoms with Gasteiger partial charge in [-0.2, -0.15) is 0 Å². The molecule has 3 heterocycles.